The van der Waals surface area contributed by atoms with Crippen molar-refractivity contribution < 1.29 is 14.3 Å². The van der Waals surface area contributed by atoms with Crippen molar-refractivity contribution in [2.45, 2.75) is 6.92 Å². The fourth-order valence-corrected chi connectivity index (χ4v) is 1.07. The molecule has 0 atom stereocenters. The molecule has 86 valence electrons. The summed E-state index contributed by atoms with van der Waals surface area (Å²) >= 11 is 0. The Balaban J connectivity index is 2.67. The molecule has 0 aliphatic heterocycles. The van der Waals surface area contributed by atoms with Crippen molar-refractivity contribution in [2.24, 2.45) is 0 Å². The molecule has 0 radical (unpaired) electrons. The van der Waals surface area contributed by atoms with Crippen molar-refractivity contribution in [3.63, 3.8) is 0 Å². The van der Waals surface area contributed by atoms with Gasteiger partial charge in [-0.25, -0.2) is 0 Å². The number of para-hydroxylation sites is 2. The van der Waals surface area contributed by atoms with E-state index in [1.54, 1.807) is 12.1 Å². The molecule has 0 bridgehead atoms. The van der Waals surface area contributed by atoms with Gasteiger partial charge in [0.15, 0.2) is 6.79 Å². The Morgan fingerprint density at radius 1 is 1.50 bits per heavy atom. The van der Waals surface area contributed by atoms with Gasteiger partial charge in [-0.15, -0.1) is 0 Å². The summed E-state index contributed by atoms with van der Waals surface area (Å²) in [5.74, 6) is 0.304. The van der Waals surface area contributed by atoms with Crippen LogP contribution in [0, 0.1) is 0 Å². The van der Waals surface area contributed by atoms with Crippen LogP contribution in [0.4, 0.5) is 5.69 Å². The third kappa shape index (κ3) is 3.74. The number of amides is 1. The number of rotatable bonds is 6. The van der Waals surface area contributed by atoms with Gasteiger partial charge >= 0.3 is 0 Å². The van der Waals surface area contributed by atoms with Crippen molar-refractivity contribution >= 4 is 11.6 Å². The lowest BCUT2D eigenvalue weighted by Crippen LogP contribution is -2.10. The Kier molecular flexibility index (Phi) is 5.08. The Morgan fingerprint density at radius 2 is 2.25 bits per heavy atom. The zero-order chi connectivity index (χ0) is 11.8. The fraction of sp³-hybridized carbons (Fsp3) is 0.250. The van der Waals surface area contributed by atoms with E-state index in [9.17, 15) is 4.79 Å². The highest BCUT2D eigenvalue weighted by atomic mass is 16.7. The molecule has 0 saturated carbocycles. The molecule has 1 rings (SSSR count). The van der Waals surface area contributed by atoms with E-state index in [-0.39, 0.29) is 12.7 Å². The summed E-state index contributed by atoms with van der Waals surface area (Å²) in [6, 6.07) is 7.15. The van der Waals surface area contributed by atoms with Gasteiger partial charge in [0, 0.05) is 6.61 Å². The second kappa shape index (κ2) is 6.63. The fourth-order valence-electron chi connectivity index (χ4n) is 1.07. The van der Waals surface area contributed by atoms with E-state index >= 15 is 0 Å². The topological polar surface area (TPSA) is 47.6 Å². The standard InChI is InChI=1S/C12H15NO3/c1-3-12(14)13-10-7-5-6-8-11(10)16-9-15-4-2/h3,5-8H,1,4,9H2,2H3,(H,13,14). The quantitative estimate of drug-likeness (QED) is 0.455. The van der Waals surface area contributed by atoms with Gasteiger partial charge < -0.3 is 14.8 Å². The van der Waals surface area contributed by atoms with Gasteiger partial charge in [-0.2, -0.15) is 0 Å². The van der Waals surface area contributed by atoms with Gasteiger partial charge in [-0.3, -0.25) is 4.79 Å². The minimum Gasteiger partial charge on any atom is -0.465 e. The third-order valence-electron chi connectivity index (χ3n) is 1.83. The van der Waals surface area contributed by atoms with Gasteiger partial charge in [0.05, 0.1) is 5.69 Å². The molecule has 16 heavy (non-hydrogen) atoms. The lowest BCUT2D eigenvalue weighted by molar-refractivity contribution is -0.111. The summed E-state index contributed by atoms with van der Waals surface area (Å²) in [7, 11) is 0. The van der Waals surface area contributed by atoms with Crippen LogP contribution in [-0.4, -0.2) is 19.3 Å². The number of benzene rings is 1. The molecule has 0 unspecified atom stereocenters. The van der Waals surface area contributed by atoms with Crippen LogP contribution in [0.3, 0.4) is 0 Å². The van der Waals surface area contributed by atoms with Crippen molar-refractivity contribution in [2.75, 3.05) is 18.7 Å². The molecule has 0 saturated heterocycles. The first-order chi connectivity index (χ1) is 7.77. The van der Waals surface area contributed by atoms with E-state index in [1.165, 1.54) is 6.08 Å². The molecule has 1 N–H and O–H groups in total. The smallest absolute Gasteiger partial charge is 0.247 e. The Bertz CT molecular complexity index is 363. The molecule has 0 aliphatic rings. The summed E-state index contributed by atoms with van der Waals surface area (Å²) in [6.45, 7) is 6.02. The average Bonchev–Trinajstić information content (AvgIpc) is 2.31. The SMILES string of the molecule is C=CC(=O)Nc1ccccc1OCOCC. The van der Waals surface area contributed by atoms with Crippen LogP contribution >= 0.6 is 0 Å². The number of nitrogens with one attached hydrogen (secondary N) is 1. The van der Waals surface area contributed by atoms with E-state index in [0.717, 1.165) is 0 Å². The highest BCUT2D eigenvalue weighted by Gasteiger charge is 2.04. The largest absolute Gasteiger partial charge is 0.465 e. The predicted octanol–water partition coefficient (Wildman–Crippen LogP) is 2.18. The normalized spacial score (nSPS) is 9.56. The lowest BCUT2D eigenvalue weighted by atomic mass is 10.3. The molecular formula is C12H15NO3. The molecule has 0 fully saturated rings. The summed E-state index contributed by atoms with van der Waals surface area (Å²) in [5, 5.41) is 2.65. The van der Waals surface area contributed by atoms with Crippen LogP contribution in [-0.2, 0) is 9.53 Å². The van der Waals surface area contributed by atoms with Crippen LogP contribution in [0.2, 0.25) is 0 Å². The van der Waals surface area contributed by atoms with Crippen LogP contribution in [0.15, 0.2) is 36.9 Å². The summed E-state index contributed by atoms with van der Waals surface area (Å²) in [5.41, 5.74) is 0.604. The number of ether oxygens (including phenoxy) is 2. The molecule has 1 aromatic rings. The molecule has 4 heteroatoms. The summed E-state index contributed by atoms with van der Waals surface area (Å²) in [6.07, 6.45) is 1.21. The lowest BCUT2D eigenvalue weighted by Gasteiger charge is -2.11. The van der Waals surface area contributed by atoms with Gasteiger partial charge in [-0.05, 0) is 25.1 Å². The third-order valence-corrected chi connectivity index (χ3v) is 1.83. The number of carbonyl (C=O) groups excluding carboxylic acids is 1. The maximum Gasteiger partial charge on any atom is 0.247 e. The molecule has 0 aromatic heterocycles. The van der Waals surface area contributed by atoms with Gasteiger partial charge in [0.2, 0.25) is 5.91 Å². The van der Waals surface area contributed by atoms with Crippen LogP contribution in [0.25, 0.3) is 0 Å². The Hall–Kier alpha value is -1.81. The highest BCUT2D eigenvalue weighted by Crippen LogP contribution is 2.23. The minimum atomic E-state index is -0.271. The van der Waals surface area contributed by atoms with Gasteiger partial charge in [-0.1, -0.05) is 18.7 Å². The second-order valence-electron chi connectivity index (χ2n) is 2.94. The first kappa shape index (κ1) is 12.3. The maximum atomic E-state index is 11.1. The van der Waals surface area contributed by atoms with Crippen molar-refractivity contribution in [1.29, 1.82) is 0 Å². The summed E-state index contributed by atoms with van der Waals surface area (Å²) in [4.78, 5) is 11.1. The van der Waals surface area contributed by atoms with Crippen molar-refractivity contribution in [3.05, 3.63) is 36.9 Å². The first-order valence-corrected chi connectivity index (χ1v) is 5.01. The zero-order valence-corrected chi connectivity index (χ0v) is 9.23. The van der Waals surface area contributed by atoms with Crippen LogP contribution < -0.4 is 10.1 Å². The number of hydrogen-bond donors (Lipinski definition) is 1. The van der Waals surface area contributed by atoms with Crippen molar-refractivity contribution in [1.82, 2.24) is 0 Å². The number of carbonyl (C=O) groups is 1. The van der Waals surface area contributed by atoms with Gasteiger partial charge in [0.1, 0.15) is 5.75 Å². The molecular weight excluding hydrogens is 206 g/mol. The molecule has 4 nitrogen and oxygen atoms in total. The Morgan fingerprint density at radius 3 is 2.94 bits per heavy atom. The monoisotopic (exact) mass is 221 g/mol. The minimum absolute atomic E-state index is 0.164. The predicted molar refractivity (Wildman–Crippen MR) is 62.4 cm³/mol. The first-order valence-electron chi connectivity index (χ1n) is 5.01. The van der Waals surface area contributed by atoms with Crippen LogP contribution in [0.5, 0.6) is 5.75 Å². The van der Waals surface area contributed by atoms with E-state index in [2.05, 4.69) is 11.9 Å². The highest BCUT2D eigenvalue weighted by molar-refractivity contribution is 5.99. The number of anilines is 1. The van der Waals surface area contributed by atoms with E-state index < -0.39 is 0 Å². The number of hydrogen-bond acceptors (Lipinski definition) is 3. The van der Waals surface area contributed by atoms with E-state index in [0.29, 0.717) is 18.0 Å². The van der Waals surface area contributed by atoms with Crippen LogP contribution in [0.1, 0.15) is 6.92 Å². The van der Waals surface area contributed by atoms with E-state index in [1.807, 2.05) is 19.1 Å². The molecule has 1 aromatic carbocycles. The van der Waals surface area contributed by atoms with E-state index in [4.69, 9.17) is 9.47 Å². The molecule has 0 aliphatic carbocycles. The Labute approximate surface area is 94.9 Å². The zero-order valence-electron chi connectivity index (χ0n) is 9.23. The molecule has 1 amide bonds. The van der Waals surface area contributed by atoms with Gasteiger partial charge in [0.25, 0.3) is 0 Å². The average molecular weight is 221 g/mol. The maximum absolute atomic E-state index is 11.1. The van der Waals surface area contributed by atoms with Crippen molar-refractivity contribution in [3.8, 4) is 5.75 Å². The summed E-state index contributed by atoms with van der Waals surface area (Å²) < 4.78 is 10.4. The molecule has 0 heterocycles. The molecule has 0 spiro atoms. The second-order valence-corrected chi connectivity index (χ2v) is 2.94.